The number of benzene rings is 1. The van der Waals surface area contributed by atoms with Crippen LogP contribution in [0.2, 0.25) is 0 Å². The Balaban J connectivity index is 0.000000219. The van der Waals surface area contributed by atoms with Crippen molar-refractivity contribution in [3.63, 3.8) is 0 Å². The number of nitrogens with zero attached hydrogens (tertiary/aromatic N) is 5. The van der Waals surface area contributed by atoms with Crippen LogP contribution < -0.4 is 10.5 Å². The van der Waals surface area contributed by atoms with Gasteiger partial charge in [-0.05, 0) is 12.1 Å². The largest absolute Gasteiger partial charge is 0.432 e. The molecule has 7 nitrogen and oxygen atoms in total. The molecule has 24 heavy (non-hydrogen) atoms. The minimum atomic E-state index is -3.07. The van der Waals surface area contributed by atoms with Crippen molar-refractivity contribution >= 4 is 5.82 Å². The third-order valence-electron chi connectivity index (χ3n) is 2.51. The van der Waals surface area contributed by atoms with Crippen molar-refractivity contribution in [2.75, 3.05) is 5.73 Å². The maximum atomic E-state index is 13.1. The molecule has 126 valence electrons. The number of alkyl halides is 2. The highest BCUT2D eigenvalue weighted by molar-refractivity contribution is 5.39. The molecule has 0 spiro atoms. The Bertz CT molecular complexity index is 763. The molecule has 0 radical (unpaired) electrons. The SMILES string of the molecule is Fc1ccc(-n2ccnn2)cc1OC(F)F.Nc1ncncc1F. The van der Waals surface area contributed by atoms with Crippen LogP contribution in [0.4, 0.5) is 23.4 Å². The summed E-state index contributed by atoms with van der Waals surface area (Å²) in [5.74, 6) is -2.07. The summed E-state index contributed by atoms with van der Waals surface area (Å²) < 4.78 is 54.4. The monoisotopic (exact) mass is 342 g/mol. The fourth-order valence-corrected chi connectivity index (χ4v) is 1.49. The van der Waals surface area contributed by atoms with Crippen LogP contribution >= 0.6 is 0 Å². The molecular formula is C13H10F4N6O. The molecule has 0 bridgehead atoms. The van der Waals surface area contributed by atoms with Crippen LogP contribution in [0.1, 0.15) is 0 Å². The first-order valence-electron chi connectivity index (χ1n) is 6.29. The molecule has 0 aliphatic rings. The van der Waals surface area contributed by atoms with Gasteiger partial charge in [0.15, 0.2) is 23.2 Å². The number of hydrogen-bond acceptors (Lipinski definition) is 6. The van der Waals surface area contributed by atoms with Crippen LogP contribution in [-0.2, 0) is 0 Å². The van der Waals surface area contributed by atoms with Crippen LogP contribution in [-0.4, -0.2) is 31.6 Å². The lowest BCUT2D eigenvalue weighted by Gasteiger charge is -2.07. The normalized spacial score (nSPS) is 10.2. The molecule has 11 heteroatoms. The number of halogens is 4. The summed E-state index contributed by atoms with van der Waals surface area (Å²) in [6, 6.07) is 3.52. The summed E-state index contributed by atoms with van der Waals surface area (Å²) in [6.07, 6.45) is 5.12. The summed E-state index contributed by atoms with van der Waals surface area (Å²) in [5, 5.41) is 7.18. The summed E-state index contributed by atoms with van der Waals surface area (Å²) in [7, 11) is 0. The lowest BCUT2D eigenvalue weighted by Crippen LogP contribution is -2.05. The molecule has 2 heterocycles. The van der Waals surface area contributed by atoms with Crippen LogP contribution in [0.3, 0.4) is 0 Å². The highest BCUT2D eigenvalue weighted by Gasteiger charge is 2.11. The van der Waals surface area contributed by atoms with Crippen molar-refractivity contribution < 1.29 is 22.3 Å². The molecule has 0 saturated carbocycles. The third-order valence-corrected chi connectivity index (χ3v) is 2.51. The first kappa shape index (κ1) is 17.1. The van der Waals surface area contributed by atoms with Crippen molar-refractivity contribution in [2.45, 2.75) is 6.61 Å². The van der Waals surface area contributed by atoms with E-state index < -0.39 is 24.0 Å². The molecule has 0 aliphatic carbocycles. The van der Waals surface area contributed by atoms with Crippen LogP contribution in [0.15, 0.2) is 43.1 Å². The van der Waals surface area contributed by atoms with E-state index in [4.69, 9.17) is 5.73 Å². The Labute approximate surface area is 132 Å². The lowest BCUT2D eigenvalue weighted by atomic mass is 10.3. The molecule has 3 rings (SSSR count). The average Bonchev–Trinajstić information content (AvgIpc) is 3.07. The van der Waals surface area contributed by atoms with Gasteiger partial charge < -0.3 is 10.5 Å². The third kappa shape index (κ3) is 4.63. The zero-order valence-electron chi connectivity index (χ0n) is 11.9. The van der Waals surface area contributed by atoms with E-state index in [1.165, 1.54) is 29.5 Å². The Morgan fingerprint density at radius 2 is 1.96 bits per heavy atom. The second kappa shape index (κ2) is 7.85. The van der Waals surface area contributed by atoms with Crippen molar-refractivity contribution in [1.82, 2.24) is 25.0 Å². The molecule has 2 N–H and O–H groups in total. The standard InChI is InChI=1S/C9H6F3N3O.C4H4FN3/c10-7-2-1-6(15-4-3-13-14-15)5-8(7)16-9(11)12;5-3-1-7-2-8-4(3)6/h1-5,9H;1-2H,(H2,6,7,8). The number of aromatic nitrogens is 5. The van der Waals surface area contributed by atoms with Crippen molar-refractivity contribution in [1.29, 1.82) is 0 Å². The van der Waals surface area contributed by atoms with Crippen LogP contribution in [0, 0.1) is 11.6 Å². The Morgan fingerprint density at radius 3 is 2.50 bits per heavy atom. The number of ether oxygens (including phenoxy) is 1. The molecule has 0 atom stereocenters. The second-order valence-corrected chi connectivity index (χ2v) is 4.10. The highest BCUT2D eigenvalue weighted by Crippen LogP contribution is 2.22. The quantitative estimate of drug-likeness (QED) is 0.734. The maximum Gasteiger partial charge on any atom is 0.387 e. The molecule has 3 aromatic rings. The van der Waals surface area contributed by atoms with E-state index in [0.29, 0.717) is 5.69 Å². The predicted molar refractivity (Wildman–Crippen MR) is 74.4 cm³/mol. The fourth-order valence-electron chi connectivity index (χ4n) is 1.49. The van der Waals surface area contributed by atoms with E-state index >= 15 is 0 Å². The minimum Gasteiger partial charge on any atom is -0.432 e. The minimum absolute atomic E-state index is 0.111. The fraction of sp³-hybridized carbons (Fsp3) is 0.0769. The van der Waals surface area contributed by atoms with E-state index in [0.717, 1.165) is 18.3 Å². The van der Waals surface area contributed by atoms with Gasteiger partial charge in [0.2, 0.25) is 0 Å². The average molecular weight is 342 g/mol. The Hall–Kier alpha value is -3.24. The second-order valence-electron chi connectivity index (χ2n) is 4.10. The zero-order valence-corrected chi connectivity index (χ0v) is 11.9. The van der Waals surface area contributed by atoms with Crippen LogP contribution in [0.5, 0.6) is 5.75 Å². The van der Waals surface area contributed by atoms with Crippen molar-refractivity contribution in [3.05, 3.63) is 54.8 Å². The number of nitrogen functional groups attached to an aromatic ring is 1. The van der Waals surface area contributed by atoms with Crippen molar-refractivity contribution in [3.8, 4) is 11.4 Å². The number of anilines is 1. The van der Waals surface area contributed by atoms with Gasteiger partial charge in [-0.15, -0.1) is 5.10 Å². The lowest BCUT2D eigenvalue weighted by molar-refractivity contribution is -0.0521. The van der Waals surface area contributed by atoms with Gasteiger partial charge in [-0.25, -0.2) is 23.4 Å². The molecule has 0 aliphatic heterocycles. The number of hydrogen-bond donors (Lipinski definition) is 1. The smallest absolute Gasteiger partial charge is 0.387 e. The van der Waals surface area contributed by atoms with E-state index in [2.05, 4.69) is 25.0 Å². The van der Waals surface area contributed by atoms with Gasteiger partial charge in [0.25, 0.3) is 0 Å². The van der Waals surface area contributed by atoms with Gasteiger partial charge in [0, 0.05) is 6.07 Å². The molecule has 0 amide bonds. The summed E-state index contributed by atoms with van der Waals surface area (Å²) >= 11 is 0. The zero-order chi connectivity index (χ0) is 17.5. The maximum absolute atomic E-state index is 13.1. The Morgan fingerprint density at radius 1 is 1.17 bits per heavy atom. The van der Waals surface area contributed by atoms with Gasteiger partial charge in [-0.3, -0.25) is 0 Å². The molecule has 0 fully saturated rings. The highest BCUT2D eigenvalue weighted by atomic mass is 19.3. The van der Waals surface area contributed by atoms with Gasteiger partial charge >= 0.3 is 6.61 Å². The van der Waals surface area contributed by atoms with Crippen molar-refractivity contribution in [2.24, 2.45) is 0 Å². The molecule has 0 saturated heterocycles. The van der Waals surface area contributed by atoms with Gasteiger partial charge in [-0.2, -0.15) is 8.78 Å². The van der Waals surface area contributed by atoms with Gasteiger partial charge in [0.1, 0.15) is 6.33 Å². The van der Waals surface area contributed by atoms with E-state index in [-0.39, 0.29) is 5.82 Å². The topological polar surface area (TPSA) is 91.7 Å². The molecular weight excluding hydrogens is 332 g/mol. The number of nitrogens with two attached hydrogens (primary N) is 1. The van der Waals surface area contributed by atoms with Gasteiger partial charge in [0.05, 0.1) is 24.3 Å². The van der Waals surface area contributed by atoms with E-state index in [1.807, 2.05) is 0 Å². The van der Waals surface area contributed by atoms with E-state index in [1.54, 1.807) is 0 Å². The van der Waals surface area contributed by atoms with E-state index in [9.17, 15) is 17.6 Å². The molecule has 1 aromatic carbocycles. The Kier molecular flexibility index (Phi) is 5.60. The predicted octanol–water partition coefficient (Wildman–Crippen LogP) is 2.21. The summed E-state index contributed by atoms with van der Waals surface area (Å²) in [6.45, 7) is -3.07. The first-order valence-corrected chi connectivity index (χ1v) is 6.29. The van der Waals surface area contributed by atoms with Gasteiger partial charge in [-0.1, -0.05) is 5.21 Å². The number of rotatable bonds is 3. The molecule has 2 aromatic heterocycles. The summed E-state index contributed by atoms with van der Waals surface area (Å²) in [5.41, 5.74) is 5.38. The molecule has 0 unspecified atom stereocenters. The van der Waals surface area contributed by atoms with Crippen LogP contribution in [0.25, 0.3) is 5.69 Å². The summed E-state index contributed by atoms with van der Waals surface area (Å²) in [4.78, 5) is 6.75. The first-order chi connectivity index (χ1) is 11.5.